The number of hydrogen-bond acceptors (Lipinski definition) is 3. The molecule has 0 aliphatic rings. The van der Waals surface area contributed by atoms with Crippen LogP contribution in [0.1, 0.15) is 5.56 Å². The lowest BCUT2D eigenvalue weighted by Gasteiger charge is -1.98. The first-order valence-corrected chi connectivity index (χ1v) is 5.88. The molecule has 1 aromatic heterocycles. The van der Waals surface area contributed by atoms with Gasteiger partial charge < -0.3 is 0 Å². The predicted molar refractivity (Wildman–Crippen MR) is 65.9 cm³/mol. The topological polar surface area (TPSA) is 43.1 Å². The Labute approximate surface area is 98.0 Å². The number of benzene rings is 1. The van der Waals surface area contributed by atoms with Crippen molar-refractivity contribution < 1.29 is 4.92 Å². The second-order valence-corrected chi connectivity index (χ2v) is 4.94. The third kappa shape index (κ3) is 1.40. The molecule has 0 saturated carbocycles. The summed E-state index contributed by atoms with van der Waals surface area (Å²) in [5.74, 6) is 0. The number of nitro groups is 1. The lowest BCUT2D eigenvalue weighted by atomic mass is 10.2. The van der Waals surface area contributed by atoms with E-state index in [1.165, 1.54) is 11.3 Å². The van der Waals surface area contributed by atoms with Gasteiger partial charge in [0.2, 0.25) is 0 Å². The van der Waals surface area contributed by atoms with E-state index in [0.717, 1.165) is 19.2 Å². The molecule has 14 heavy (non-hydrogen) atoms. The minimum absolute atomic E-state index is 0.220. The maximum atomic E-state index is 10.7. The van der Waals surface area contributed by atoms with Crippen LogP contribution in [0.4, 0.5) is 5.69 Å². The zero-order valence-corrected chi connectivity index (χ0v) is 10.3. The van der Waals surface area contributed by atoms with Crippen LogP contribution in [0.25, 0.3) is 10.1 Å². The average Bonchev–Trinajstić information content (AvgIpc) is 2.55. The number of rotatable bonds is 1. The molecular weight excluding hydrogens is 313 g/mol. The van der Waals surface area contributed by atoms with Gasteiger partial charge >= 0.3 is 0 Å². The molecule has 0 spiro atoms. The van der Waals surface area contributed by atoms with Gasteiger partial charge in [0.1, 0.15) is 0 Å². The Hall–Kier alpha value is -0.690. The van der Waals surface area contributed by atoms with Crippen LogP contribution in [0.3, 0.4) is 0 Å². The van der Waals surface area contributed by atoms with Crippen molar-refractivity contribution in [2.24, 2.45) is 0 Å². The highest BCUT2D eigenvalue weighted by molar-refractivity contribution is 14.1. The Bertz CT molecular complexity index is 521. The average molecular weight is 319 g/mol. The van der Waals surface area contributed by atoms with E-state index in [-0.39, 0.29) is 10.6 Å². The molecule has 0 bridgehead atoms. The van der Waals surface area contributed by atoms with Crippen LogP contribution in [0.5, 0.6) is 0 Å². The SMILES string of the molecule is Cc1ccc2scc([N+](=O)[O-])c2c1I. The number of hydrogen-bond donors (Lipinski definition) is 0. The molecular formula is C9H6INO2S. The molecule has 0 fully saturated rings. The second kappa shape index (κ2) is 3.47. The molecule has 0 unspecified atom stereocenters. The Morgan fingerprint density at radius 2 is 2.21 bits per heavy atom. The molecule has 0 amide bonds. The predicted octanol–water partition coefficient (Wildman–Crippen LogP) is 3.72. The lowest BCUT2D eigenvalue weighted by Crippen LogP contribution is -1.88. The minimum Gasteiger partial charge on any atom is -0.258 e. The van der Waals surface area contributed by atoms with E-state index < -0.39 is 0 Å². The fraction of sp³-hybridized carbons (Fsp3) is 0.111. The van der Waals surface area contributed by atoms with Crippen LogP contribution in [0.2, 0.25) is 0 Å². The van der Waals surface area contributed by atoms with Gasteiger partial charge in [-0.05, 0) is 41.1 Å². The van der Waals surface area contributed by atoms with Crippen molar-refractivity contribution >= 4 is 49.7 Å². The van der Waals surface area contributed by atoms with Gasteiger partial charge in [-0.2, -0.15) is 0 Å². The molecule has 5 heteroatoms. The zero-order valence-electron chi connectivity index (χ0n) is 7.28. The summed E-state index contributed by atoms with van der Waals surface area (Å²) in [4.78, 5) is 10.4. The van der Waals surface area contributed by atoms with Gasteiger partial charge in [-0.25, -0.2) is 0 Å². The van der Waals surface area contributed by atoms with E-state index in [9.17, 15) is 10.1 Å². The first-order chi connectivity index (χ1) is 6.61. The van der Waals surface area contributed by atoms with Gasteiger partial charge in [0, 0.05) is 8.27 Å². The number of aryl methyl sites for hydroxylation is 1. The Kier molecular flexibility index (Phi) is 2.44. The summed E-state index contributed by atoms with van der Waals surface area (Å²) in [6, 6.07) is 3.93. The fourth-order valence-electron chi connectivity index (χ4n) is 1.31. The normalized spacial score (nSPS) is 10.7. The molecule has 0 radical (unpaired) electrons. The number of nitrogens with zero attached hydrogens (tertiary/aromatic N) is 1. The second-order valence-electron chi connectivity index (χ2n) is 2.95. The minimum atomic E-state index is -0.319. The Morgan fingerprint density at radius 3 is 2.86 bits per heavy atom. The van der Waals surface area contributed by atoms with Gasteiger partial charge in [-0.1, -0.05) is 6.07 Å². The summed E-state index contributed by atoms with van der Waals surface area (Å²) in [6.45, 7) is 1.96. The van der Waals surface area contributed by atoms with Crippen molar-refractivity contribution in [1.82, 2.24) is 0 Å². The smallest absolute Gasteiger partial charge is 0.258 e. The van der Waals surface area contributed by atoms with Crippen molar-refractivity contribution in [3.05, 3.63) is 36.8 Å². The van der Waals surface area contributed by atoms with Crippen molar-refractivity contribution in [1.29, 1.82) is 0 Å². The lowest BCUT2D eigenvalue weighted by molar-refractivity contribution is -0.382. The zero-order chi connectivity index (χ0) is 10.3. The standard InChI is InChI=1S/C9H6INO2S/c1-5-2-3-7-8(9(5)10)6(4-14-7)11(12)13/h2-4H,1H3. The van der Waals surface area contributed by atoms with E-state index in [2.05, 4.69) is 22.6 Å². The molecule has 3 nitrogen and oxygen atoms in total. The van der Waals surface area contributed by atoms with Crippen LogP contribution in [-0.2, 0) is 0 Å². The van der Waals surface area contributed by atoms with E-state index >= 15 is 0 Å². The summed E-state index contributed by atoms with van der Waals surface area (Å²) in [5.41, 5.74) is 1.30. The molecule has 0 saturated heterocycles. The van der Waals surface area contributed by atoms with Crippen LogP contribution >= 0.6 is 33.9 Å². The summed E-state index contributed by atoms with van der Waals surface area (Å²) in [7, 11) is 0. The summed E-state index contributed by atoms with van der Waals surface area (Å²) >= 11 is 3.58. The Morgan fingerprint density at radius 1 is 1.50 bits per heavy atom. The number of fused-ring (bicyclic) bond motifs is 1. The monoisotopic (exact) mass is 319 g/mol. The first-order valence-electron chi connectivity index (χ1n) is 3.92. The summed E-state index contributed by atoms with van der Waals surface area (Å²) in [6.07, 6.45) is 0. The van der Waals surface area contributed by atoms with Crippen molar-refractivity contribution in [3.8, 4) is 0 Å². The highest BCUT2D eigenvalue weighted by Crippen LogP contribution is 2.36. The highest BCUT2D eigenvalue weighted by atomic mass is 127. The van der Waals surface area contributed by atoms with E-state index in [1.54, 1.807) is 5.38 Å². The fourth-order valence-corrected chi connectivity index (χ4v) is 3.16. The van der Waals surface area contributed by atoms with E-state index in [0.29, 0.717) is 0 Å². The van der Waals surface area contributed by atoms with Crippen LogP contribution in [0, 0.1) is 20.6 Å². The largest absolute Gasteiger partial charge is 0.288 e. The molecule has 2 rings (SSSR count). The highest BCUT2D eigenvalue weighted by Gasteiger charge is 2.17. The third-order valence-corrected chi connectivity index (χ3v) is 4.37. The van der Waals surface area contributed by atoms with Gasteiger partial charge in [0.15, 0.2) is 0 Å². The van der Waals surface area contributed by atoms with Gasteiger partial charge in [-0.3, -0.25) is 10.1 Å². The van der Waals surface area contributed by atoms with Crippen LogP contribution < -0.4 is 0 Å². The first kappa shape index (κ1) is 9.85. The number of thiophene rings is 1. The summed E-state index contributed by atoms with van der Waals surface area (Å²) < 4.78 is 1.96. The van der Waals surface area contributed by atoms with Crippen molar-refractivity contribution in [3.63, 3.8) is 0 Å². The van der Waals surface area contributed by atoms with E-state index in [4.69, 9.17) is 0 Å². The van der Waals surface area contributed by atoms with Crippen LogP contribution in [-0.4, -0.2) is 4.92 Å². The van der Waals surface area contributed by atoms with Crippen LogP contribution in [0.15, 0.2) is 17.5 Å². The summed E-state index contributed by atoms with van der Waals surface area (Å²) in [5, 5.41) is 13.1. The van der Waals surface area contributed by atoms with E-state index in [1.807, 2.05) is 19.1 Å². The van der Waals surface area contributed by atoms with Gasteiger partial charge in [0.05, 0.1) is 15.7 Å². The molecule has 0 N–H and O–H groups in total. The molecule has 1 heterocycles. The molecule has 2 aromatic rings. The third-order valence-electron chi connectivity index (χ3n) is 2.05. The number of halogens is 1. The molecule has 1 aromatic carbocycles. The molecule has 0 aliphatic carbocycles. The van der Waals surface area contributed by atoms with Crippen molar-refractivity contribution in [2.45, 2.75) is 6.92 Å². The van der Waals surface area contributed by atoms with Gasteiger partial charge in [0.25, 0.3) is 5.69 Å². The maximum absolute atomic E-state index is 10.7. The quantitative estimate of drug-likeness (QED) is 0.457. The van der Waals surface area contributed by atoms with Crippen molar-refractivity contribution in [2.75, 3.05) is 0 Å². The molecule has 0 aliphatic heterocycles. The Balaban J connectivity index is 2.89. The molecule has 72 valence electrons. The van der Waals surface area contributed by atoms with Gasteiger partial charge in [-0.15, -0.1) is 11.3 Å². The maximum Gasteiger partial charge on any atom is 0.288 e. The molecule has 0 atom stereocenters.